The van der Waals surface area contributed by atoms with Crippen molar-refractivity contribution in [3.63, 3.8) is 0 Å². The van der Waals surface area contributed by atoms with Crippen molar-refractivity contribution in [2.45, 2.75) is 12.5 Å². The first-order valence-electron chi connectivity index (χ1n) is 10.5. The van der Waals surface area contributed by atoms with Crippen LogP contribution < -0.4 is 10.2 Å². The first kappa shape index (κ1) is 21.6. The highest BCUT2D eigenvalue weighted by molar-refractivity contribution is 8.22. The topological polar surface area (TPSA) is 55.9 Å². The maximum atomic E-state index is 12.5. The van der Waals surface area contributed by atoms with Crippen molar-refractivity contribution in [1.29, 1.82) is 0 Å². The molecule has 2 fully saturated rings. The molecule has 3 amide bonds. The van der Waals surface area contributed by atoms with Crippen LogP contribution in [0.15, 0.2) is 60.7 Å². The number of rotatable bonds is 5. The van der Waals surface area contributed by atoms with E-state index in [9.17, 15) is 9.59 Å². The number of imide groups is 1. The van der Waals surface area contributed by atoms with Crippen LogP contribution in [0, 0.1) is 0 Å². The summed E-state index contributed by atoms with van der Waals surface area (Å²) in [5.74, 6) is 0.466. The third kappa shape index (κ3) is 5.37. The Hall–Kier alpha value is -2.58. The SMILES string of the molecule is O=C1CC(c2ccccc2)NC(=O)N1CCSC(=S)N1CCN(c2ccccc2)CC1. The molecule has 0 radical (unpaired) electrons. The number of hydrogen-bond acceptors (Lipinski definition) is 5. The fourth-order valence-electron chi connectivity index (χ4n) is 3.89. The summed E-state index contributed by atoms with van der Waals surface area (Å²) in [5.41, 5.74) is 2.19. The molecule has 31 heavy (non-hydrogen) atoms. The molecule has 0 saturated carbocycles. The number of nitrogens with one attached hydrogen (secondary N) is 1. The molecule has 8 heteroatoms. The molecule has 0 spiro atoms. The lowest BCUT2D eigenvalue weighted by molar-refractivity contribution is -0.130. The maximum Gasteiger partial charge on any atom is 0.324 e. The second kappa shape index (κ2) is 10.2. The molecule has 2 aliphatic heterocycles. The summed E-state index contributed by atoms with van der Waals surface area (Å²) in [6, 6.07) is 19.4. The van der Waals surface area contributed by atoms with Gasteiger partial charge in [0.15, 0.2) is 0 Å². The van der Waals surface area contributed by atoms with Crippen LogP contribution in [-0.2, 0) is 4.79 Å². The molecule has 1 atom stereocenters. The van der Waals surface area contributed by atoms with Crippen LogP contribution in [0.5, 0.6) is 0 Å². The lowest BCUT2D eigenvalue weighted by Crippen LogP contribution is -2.52. The lowest BCUT2D eigenvalue weighted by atomic mass is 10.0. The fraction of sp³-hybridized carbons (Fsp3) is 0.348. The summed E-state index contributed by atoms with van der Waals surface area (Å²) in [4.78, 5) is 30.9. The summed E-state index contributed by atoms with van der Waals surface area (Å²) in [6.07, 6.45) is 0.284. The Morgan fingerprint density at radius 1 is 0.968 bits per heavy atom. The van der Waals surface area contributed by atoms with E-state index < -0.39 is 0 Å². The average molecular weight is 455 g/mol. The summed E-state index contributed by atoms with van der Waals surface area (Å²) in [7, 11) is 0. The summed E-state index contributed by atoms with van der Waals surface area (Å²) in [6.45, 7) is 3.98. The maximum absolute atomic E-state index is 12.5. The number of nitrogens with zero attached hydrogens (tertiary/aromatic N) is 3. The summed E-state index contributed by atoms with van der Waals surface area (Å²) < 4.78 is 0.833. The standard InChI is InChI=1S/C23H26N4O2S2/c28-21-17-20(18-7-3-1-4-8-18)24-22(29)27(21)15-16-31-23(30)26-13-11-25(12-14-26)19-9-5-2-6-10-19/h1-10,20H,11-17H2,(H,24,29). The van der Waals surface area contributed by atoms with E-state index in [2.05, 4.69) is 39.4 Å². The van der Waals surface area contributed by atoms with Crippen molar-refractivity contribution in [3.05, 3.63) is 66.2 Å². The molecule has 0 aromatic heterocycles. The van der Waals surface area contributed by atoms with E-state index in [0.717, 1.165) is 36.1 Å². The second-order valence-electron chi connectivity index (χ2n) is 7.59. The van der Waals surface area contributed by atoms with Crippen LogP contribution in [0.25, 0.3) is 0 Å². The van der Waals surface area contributed by atoms with E-state index in [1.807, 2.05) is 36.4 Å². The number of para-hydroxylation sites is 1. The molecule has 6 nitrogen and oxygen atoms in total. The van der Waals surface area contributed by atoms with Gasteiger partial charge in [0.1, 0.15) is 4.32 Å². The van der Waals surface area contributed by atoms with E-state index in [1.54, 1.807) is 0 Å². The number of benzene rings is 2. The number of carbonyl (C=O) groups is 2. The molecular weight excluding hydrogens is 428 g/mol. The van der Waals surface area contributed by atoms with Crippen molar-refractivity contribution in [2.24, 2.45) is 0 Å². The zero-order valence-electron chi connectivity index (χ0n) is 17.3. The zero-order chi connectivity index (χ0) is 21.6. The molecule has 0 bridgehead atoms. The smallest absolute Gasteiger partial charge is 0.324 e. The van der Waals surface area contributed by atoms with Gasteiger partial charge in [-0.25, -0.2) is 4.79 Å². The molecule has 162 valence electrons. The van der Waals surface area contributed by atoms with E-state index in [1.165, 1.54) is 22.3 Å². The Morgan fingerprint density at radius 3 is 2.26 bits per heavy atom. The van der Waals surface area contributed by atoms with Crippen molar-refractivity contribution in [1.82, 2.24) is 15.1 Å². The molecule has 2 saturated heterocycles. The van der Waals surface area contributed by atoms with Crippen molar-refractivity contribution in [2.75, 3.05) is 43.4 Å². The van der Waals surface area contributed by atoms with Gasteiger partial charge in [-0.05, 0) is 17.7 Å². The summed E-state index contributed by atoms with van der Waals surface area (Å²) >= 11 is 7.14. The van der Waals surface area contributed by atoms with E-state index in [4.69, 9.17) is 12.2 Å². The largest absolute Gasteiger partial charge is 0.368 e. The lowest BCUT2D eigenvalue weighted by Gasteiger charge is -2.37. The quantitative estimate of drug-likeness (QED) is 0.698. The minimum atomic E-state index is -0.326. The Kier molecular flexibility index (Phi) is 7.09. The molecule has 4 rings (SSSR count). The van der Waals surface area contributed by atoms with Crippen LogP contribution in [-0.4, -0.2) is 64.5 Å². The summed E-state index contributed by atoms with van der Waals surface area (Å²) in [5, 5.41) is 2.94. The zero-order valence-corrected chi connectivity index (χ0v) is 18.9. The minimum absolute atomic E-state index is 0.138. The normalized spacial score (nSPS) is 19.4. The van der Waals surface area contributed by atoms with Gasteiger partial charge in [-0.2, -0.15) is 0 Å². The number of hydrogen-bond donors (Lipinski definition) is 1. The third-order valence-corrected chi connectivity index (χ3v) is 7.13. The van der Waals surface area contributed by atoms with Gasteiger partial charge in [-0.3, -0.25) is 9.69 Å². The Balaban J connectivity index is 1.21. The Labute approximate surface area is 192 Å². The van der Waals surface area contributed by atoms with Gasteiger partial charge in [0.2, 0.25) is 5.91 Å². The van der Waals surface area contributed by atoms with Gasteiger partial charge >= 0.3 is 6.03 Å². The molecule has 0 aliphatic carbocycles. The van der Waals surface area contributed by atoms with Crippen LogP contribution >= 0.6 is 24.0 Å². The van der Waals surface area contributed by atoms with Gasteiger partial charge < -0.3 is 15.1 Å². The first-order valence-corrected chi connectivity index (χ1v) is 11.9. The van der Waals surface area contributed by atoms with Crippen LogP contribution in [0.1, 0.15) is 18.0 Å². The second-order valence-corrected chi connectivity index (χ2v) is 9.32. The van der Waals surface area contributed by atoms with Gasteiger partial charge in [-0.15, -0.1) is 0 Å². The number of thioether (sulfide) groups is 1. The monoisotopic (exact) mass is 454 g/mol. The number of piperazine rings is 1. The number of urea groups is 1. The van der Waals surface area contributed by atoms with Gasteiger partial charge in [0, 0.05) is 44.2 Å². The van der Waals surface area contributed by atoms with Crippen LogP contribution in [0.4, 0.5) is 10.5 Å². The molecule has 2 aliphatic rings. The van der Waals surface area contributed by atoms with E-state index in [-0.39, 0.29) is 24.4 Å². The van der Waals surface area contributed by atoms with Gasteiger partial charge in [0.05, 0.1) is 12.5 Å². The highest BCUT2D eigenvalue weighted by Gasteiger charge is 2.32. The minimum Gasteiger partial charge on any atom is -0.368 e. The molecule has 1 unspecified atom stereocenters. The molecule has 2 aromatic carbocycles. The van der Waals surface area contributed by atoms with Crippen LogP contribution in [0.2, 0.25) is 0 Å². The first-order chi connectivity index (χ1) is 15.1. The molecule has 1 N–H and O–H groups in total. The highest BCUT2D eigenvalue weighted by Crippen LogP contribution is 2.23. The number of carbonyl (C=O) groups excluding carboxylic acids is 2. The predicted octanol–water partition coefficient (Wildman–Crippen LogP) is 3.51. The number of anilines is 1. The molecule has 2 aromatic rings. The van der Waals surface area contributed by atoms with Gasteiger partial charge in [0.25, 0.3) is 0 Å². The molecular formula is C23H26N4O2S2. The molecule has 2 heterocycles. The van der Waals surface area contributed by atoms with Crippen molar-refractivity contribution >= 4 is 45.9 Å². The van der Waals surface area contributed by atoms with E-state index >= 15 is 0 Å². The Bertz CT molecular complexity index is 900. The van der Waals surface area contributed by atoms with Crippen molar-refractivity contribution in [3.8, 4) is 0 Å². The fourth-order valence-corrected chi connectivity index (χ4v) is 5.14. The van der Waals surface area contributed by atoms with Crippen molar-refractivity contribution < 1.29 is 9.59 Å². The third-order valence-electron chi connectivity index (χ3n) is 5.62. The van der Waals surface area contributed by atoms with Crippen LogP contribution in [0.3, 0.4) is 0 Å². The highest BCUT2D eigenvalue weighted by atomic mass is 32.2. The number of thiocarbonyl (C=S) groups is 1. The average Bonchev–Trinajstić information content (AvgIpc) is 2.82. The van der Waals surface area contributed by atoms with E-state index in [0.29, 0.717) is 12.3 Å². The Morgan fingerprint density at radius 2 is 1.61 bits per heavy atom. The van der Waals surface area contributed by atoms with Gasteiger partial charge in [-0.1, -0.05) is 72.5 Å². The number of amides is 3. The predicted molar refractivity (Wildman–Crippen MR) is 129 cm³/mol.